The number of aliphatic hydroxyl groups is 1. The van der Waals surface area contributed by atoms with Crippen LogP contribution in [0.15, 0.2) is 24.3 Å². The number of hydrogen-bond donors (Lipinski definition) is 2. The Kier molecular flexibility index (Phi) is 6.36. The fourth-order valence-electron chi connectivity index (χ4n) is 1.67. The molecular formula is C15H23NO3. The fourth-order valence-corrected chi connectivity index (χ4v) is 1.67. The van der Waals surface area contributed by atoms with Crippen LogP contribution < -0.4 is 10.1 Å². The van der Waals surface area contributed by atoms with Crippen molar-refractivity contribution in [1.29, 1.82) is 0 Å². The molecule has 0 heterocycles. The molecule has 1 amide bonds. The highest BCUT2D eigenvalue weighted by atomic mass is 16.5. The van der Waals surface area contributed by atoms with Crippen molar-refractivity contribution < 1.29 is 14.6 Å². The monoisotopic (exact) mass is 265 g/mol. The lowest BCUT2D eigenvalue weighted by Gasteiger charge is -2.14. The summed E-state index contributed by atoms with van der Waals surface area (Å²) < 4.78 is 5.14. The van der Waals surface area contributed by atoms with Gasteiger partial charge in [-0.15, -0.1) is 0 Å². The van der Waals surface area contributed by atoms with Crippen LogP contribution in [0, 0.1) is 5.92 Å². The van der Waals surface area contributed by atoms with Crippen LogP contribution in [0.25, 0.3) is 0 Å². The first-order chi connectivity index (χ1) is 9.02. The molecular weight excluding hydrogens is 242 g/mol. The summed E-state index contributed by atoms with van der Waals surface area (Å²) in [7, 11) is 1.63. The number of nitrogens with one attached hydrogen (secondary N) is 1. The summed E-state index contributed by atoms with van der Waals surface area (Å²) in [4.78, 5) is 11.6. The Labute approximate surface area is 114 Å². The lowest BCUT2D eigenvalue weighted by Crippen LogP contribution is -2.30. The Balaban J connectivity index is 2.31. The minimum Gasteiger partial charge on any atom is -0.497 e. The third kappa shape index (κ3) is 5.75. The van der Waals surface area contributed by atoms with Gasteiger partial charge in [-0.1, -0.05) is 26.0 Å². The van der Waals surface area contributed by atoms with E-state index in [1.54, 1.807) is 7.11 Å². The van der Waals surface area contributed by atoms with Crippen molar-refractivity contribution in [3.05, 3.63) is 29.8 Å². The summed E-state index contributed by atoms with van der Waals surface area (Å²) in [5.74, 6) is 0.812. The average Bonchev–Trinajstić information content (AvgIpc) is 2.38. The van der Waals surface area contributed by atoms with Gasteiger partial charge < -0.3 is 15.2 Å². The number of methoxy groups -OCH3 is 1. The van der Waals surface area contributed by atoms with Crippen molar-refractivity contribution in [2.45, 2.75) is 32.8 Å². The van der Waals surface area contributed by atoms with Gasteiger partial charge in [0.25, 0.3) is 0 Å². The highest BCUT2D eigenvalue weighted by Gasteiger charge is 2.13. The van der Waals surface area contributed by atoms with Gasteiger partial charge in [-0.2, -0.15) is 0 Å². The first-order valence-corrected chi connectivity index (χ1v) is 6.60. The number of hydrogen-bond acceptors (Lipinski definition) is 3. The second kappa shape index (κ2) is 7.79. The molecule has 0 saturated heterocycles. The standard InChI is InChI=1S/C15H23NO3/c1-11(2)14(17)10-15(18)16-8-7-12-5-4-6-13(9-12)19-3/h4-6,9,11,14,17H,7-8,10H2,1-3H3,(H,16,18). The SMILES string of the molecule is COc1cccc(CCNC(=O)CC(O)C(C)C)c1. The fraction of sp³-hybridized carbons (Fsp3) is 0.533. The van der Waals surface area contributed by atoms with Gasteiger partial charge in [0.1, 0.15) is 5.75 Å². The number of carbonyl (C=O) groups is 1. The molecule has 2 N–H and O–H groups in total. The van der Waals surface area contributed by atoms with E-state index < -0.39 is 6.10 Å². The second-order valence-electron chi connectivity index (χ2n) is 4.97. The Morgan fingerprint density at radius 1 is 1.42 bits per heavy atom. The number of aliphatic hydroxyl groups excluding tert-OH is 1. The lowest BCUT2D eigenvalue weighted by molar-refractivity contribution is -0.123. The first kappa shape index (κ1) is 15.5. The van der Waals surface area contributed by atoms with Gasteiger partial charge in [0.05, 0.1) is 19.6 Å². The van der Waals surface area contributed by atoms with E-state index in [4.69, 9.17) is 4.74 Å². The maximum Gasteiger partial charge on any atom is 0.222 e. The highest BCUT2D eigenvalue weighted by Crippen LogP contribution is 2.12. The zero-order chi connectivity index (χ0) is 14.3. The van der Waals surface area contributed by atoms with Crippen molar-refractivity contribution in [3.63, 3.8) is 0 Å². The molecule has 0 spiro atoms. The molecule has 19 heavy (non-hydrogen) atoms. The Hall–Kier alpha value is -1.55. The maximum atomic E-state index is 11.6. The molecule has 1 aromatic carbocycles. The van der Waals surface area contributed by atoms with Crippen LogP contribution in [0.3, 0.4) is 0 Å². The summed E-state index contributed by atoms with van der Waals surface area (Å²) in [5, 5.41) is 12.4. The molecule has 0 saturated carbocycles. The van der Waals surface area contributed by atoms with Crippen molar-refractivity contribution in [3.8, 4) is 5.75 Å². The number of amides is 1. The quantitative estimate of drug-likeness (QED) is 0.790. The number of benzene rings is 1. The van der Waals surface area contributed by atoms with Gasteiger partial charge in [0.2, 0.25) is 5.91 Å². The summed E-state index contributed by atoms with van der Waals surface area (Å²) in [5.41, 5.74) is 1.11. The van der Waals surface area contributed by atoms with E-state index in [0.717, 1.165) is 17.7 Å². The molecule has 0 aromatic heterocycles. The van der Waals surface area contributed by atoms with Gasteiger partial charge in [0.15, 0.2) is 0 Å². The molecule has 0 aliphatic rings. The maximum absolute atomic E-state index is 11.6. The Bertz CT molecular complexity index is 404. The normalized spacial score (nSPS) is 12.3. The summed E-state index contributed by atoms with van der Waals surface area (Å²) >= 11 is 0. The zero-order valence-corrected chi connectivity index (χ0v) is 11.8. The van der Waals surface area contributed by atoms with Gasteiger partial charge in [-0.25, -0.2) is 0 Å². The van der Waals surface area contributed by atoms with E-state index in [1.165, 1.54) is 0 Å². The van der Waals surface area contributed by atoms with Crippen molar-refractivity contribution in [2.24, 2.45) is 5.92 Å². The third-order valence-corrected chi connectivity index (χ3v) is 3.03. The minimum absolute atomic E-state index is 0.101. The molecule has 0 fully saturated rings. The molecule has 1 rings (SSSR count). The molecule has 4 nitrogen and oxygen atoms in total. The lowest BCUT2D eigenvalue weighted by atomic mass is 10.0. The third-order valence-electron chi connectivity index (χ3n) is 3.03. The van der Waals surface area contributed by atoms with E-state index in [-0.39, 0.29) is 18.2 Å². The number of carbonyl (C=O) groups excluding carboxylic acids is 1. The smallest absolute Gasteiger partial charge is 0.222 e. The summed E-state index contributed by atoms with van der Waals surface area (Å²) in [6.07, 6.45) is 0.341. The van der Waals surface area contributed by atoms with Crippen LogP contribution in [0.5, 0.6) is 5.75 Å². The van der Waals surface area contributed by atoms with Gasteiger partial charge in [-0.05, 0) is 30.0 Å². The molecule has 0 aliphatic heterocycles. The minimum atomic E-state index is -0.572. The predicted molar refractivity (Wildman–Crippen MR) is 75.2 cm³/mol. The van der Waals surface area contributed by atoms with Crippen LogP contribution >= 0.6 is 0 Å². The molecule has 0 radical (unpaired) electrons. The van der Waals surface area contributed by atoms with Crippen LogP contribution in [-0.4, -0.2) is 30.8 Å². The highest BCUT2D eigenvalue weighted by molar-refractivity contribution is 5.76. The van der Waals surface area contributed by atoms with E-state index in [1.807, 2.05) is 38.1 Å². The molecule has 1 atom stereocenters. The van der Waals surface area contributed by atoms with Crippen LogP contribution in [0.2, 0.25) is 0 Å². The summed E-state index contributed by atoms with van der Waals surface area (Å²) in [6.45, 7) is 4.36. The topological polar surface area (TPSA) is 58.6 Å². The predicted octanol–water partition coefficient (Wildman–Crippen LogP) is 1.76. The van der Waals surface area contributed by atoms with Crippen molar-refractivity contribution >= 4 is 5.91 Å². The van der Waals surface area contributed by atoms with E-state index >= 15 is 0 Å². The van der Waals surface area contributed by atoms with Gasteiger partial charge in [-0.3, -0.25) is 4.79 Å². The number of rotatable bonds is 7. The van der Waals surface area contributed by atoms with Crippen LogP contribution in [0.1, 0.15) is 25.8 Å². The molecule has 1 aromatic rings. The second-order valence-corrected chi connectivity index (χ2v) is 4.97. The van der Waals surface area contributed by atoms with Gasteiger partial charge >= 0.3 is 0 Å². The van der Waals surface area contributed by atoms with E-state index in [9.17, 15) is 9.90 Å². The molecule has 0 aliphatic carbocycles. The molecule has 106 valence electrons. The van der Waals surface area contributed by atoms with Crippen LogP contribution in [-0.2, 0) is 11.2 Å². The molecule has 4 heteroatoms. The Morgan fingerprint density at radius 3 is 2.79 bits per heavy atom. The molecule has 0 bridgehead atoms. The van der Waals surface area contributed by atoms with E-state index in [2.05, 4.69) is 5.32 Å². The number of ether oxygens (including phenoxy) is 1. The summed E-state index contributed by atoms with van der Waals surface area (Å²) in [6, 6.07) is 7.77. The van der Waals surface area contributed by atoms with Crippen molar-refractivity contribution in [2.75, 3.05) is 13.7 Å². The molecule has 1 unspecified atom stereocenters. The average molecular weight is 265 g/mol. The van der Waals surface area contributed by atoms with Gasteiger partial charge in [0, 0.05) is 6.54 Å². The Morgan fingerprint density at radius 2 is 2.16 bits per heavy atom. The van der Waals surface area contributed by atoms with Crippen molar-refractivity contribution in [1.82, 2.24) is 5.32 Å². The largest absolute Gasteiger partial charge is 0.497 e. The van der Waals surface area contributed by atoms with E-state index in [0.29, 0.717) is 6.54 Å². The van der Waals surface area contributed by atoms with Crippen LogP contribution in [0.4, 0.5) is 0 Å². The zero-order valence-electron chi connectivity index (χ0n) is 11.8. The first-order valence-electron chi connectivity index (χ1n) is 6.60.